The maximum Gasteiger partial charge on any atom is 0.272 e. The summed E-state index contributed by atoms with van der Waals surface area (Å²) in [6.07, 6.45) is 0. The van der Waals surface area contributed by atoms with Gasteiger partial charge in [-0.3, -0.25) is 9.69 Å². The van der Waals surface area contributed by atoms with Gasteiger partial charge in [-0.2, -0.15) is 5.10 Å². The number of ether oxygens (including phenoxy) is 1. The molecule has 0 unspecified atom stereocenters. The third kappa shape index (κ3) is 6.94. The zero-order valence-corrected chi connectivity index (χ0v) is 22.3. The summed E-state index contributed by atoms with van der Waals surface area (Å²) in [5, 5.41) is 8.06. The van der Waals surface area contributed by atoms with Gasteiger partial charge in [-0.05, 0) is 65.1 Å². The molecule has 1 heterocycles. The summed E-state index contributed by atoms with van der Waals surface area (Å²) in [5.41, 5.74) is 2.58. The minimum Gasteiger partial charge on any atom is -0.383 e. The fraction of sp³-hybridized carbons (Fsp3) is 0.357. The lowest BCUT2D eigenvalue weighted by molar-refractivity contribution is 0.0913. The van der Waals surface area contributed by atoms with Gasteiger partial charge in [0.25, 0.3) is 5.91 Å². The first-order valence-electron chi connectivity index (χ1n) is 11.6. The highest BCUT2D eigenvalue weighted by Gasteiger charge is 2.25. The van der Waals surface area contributed by atoms with Gasteiger partial charge in [0.05, 0.1) is 18.8 Å². The van der Waals surface area contributed by atoms with E-state index in [1.807, 2.05) is 51.8 Å². The summed E-state index contributed by atoms with van der Waals surface area (Å²) >= 11 is 6.08. The lowest BCUT2D eigenvalue weighted by atomic mass is 10.0. The number of likely N-dealkylation sites (N-methyl/N-ethyl adjacent to an activating group) is 1. The predicted octanol–water partition coefficient (Wildman–Crippen LogP) is 5.10. The Labute approximate surface area is 217 Å². The zero-order valence-electron chi connectivity index (χ0n) is 21.6. The van der Waals surface area contributed by atoms with E-state index in [2.05, 4.69) is 22.3 Å². The van der Waals surface area contributed by atoms with Gasteiger partial charge in [0.1, 0.15) is 11.5 Å². The summed E-state index contributed by atoms with van der Waals surface area (Å²) < 4.78 is 21.9. The number of rotatable bonds is 7. The fourth-order valence-electron chi connectivity index (χ4n) is 3.59. The molecule has 0 aliphatic heterocycles. The molecule has 1 amide bonds. The summed E-state index contributed by atoms with van der Waals surface area (Å²) in [7, 11) is 3.60. The number of aromatic nitrogens is 2. The minimum absolute atomic E-state index is 0.223. The number of hydrogen-bond donors (Lipinski definition) is 1. The molecular weight excluding hydrogens is 479 g/mol. The first-order chi connectivity index (χ1) is 17.0. The van der Waals surface area contributed by atoms with Crippen molar-refractivity contribution < 1.29 is 13.9 Å². The summed E-state index contributed by atoms with van der Waals surface area (Å²) in [6.45, 7) is 9.41. The molecule has 0 atom stereocenters. The highest BCUT2D eigenvalue weighted by Crippen LogP contribution is 2.31. The minimum atomic E-state index is -0.491. The number of nitrogens with zero attached hydrogens (tertiary/aromatic N) is 3. The van der Waals surface area contributed by atoms with Crippen molar-refractivity contribution in [2.45, 2.75) is 33.2 Å². The quantitative estimate of drug-likeness (QED) is 0.449. The van der Waals surface area contributed by atoms with Crippen molar-refractivity contribution in [3.05, 3.63) is 70.1 Å². The van der Waals surface area contributed by atoms with Crippen LogP contribution in [0.4, 0.5) is 4.39 Å². The van der Waals surface area contributed by atoms with E-state index in [9.17, 15) is 4.79 Å². The normalized spacial score (nSPS) is 11.4. The molecule has 36 heavy (non-hydrogen) atoms. The van der Waals surface area contributed by atoms with E-state index in [1.165, 1.54) is 10.7 Å². The van der Waals surface area contributed by atoms with E-state index < -0.39 is 11.4 Å². The molecule has 0 radical (unpaired) electrons. The van der Waals surface area contributed by atoms with Crippen molar-refractivity contribution in [2.75, 3.05) is 33.9 Å². The SMILES string of the molecule is COCCN(C)CC#Cc1ccc(-n2nc(C(=O)NC(C)(C)C)c(C)c2-c2ccc(Cl)cc2)c(F)c1. The molecule has 3 rings (SSSR count). The van der Waals surface area contributed by atoms with E-state index in [1.54, 1.807) is 31.4 Å². The topological polar surface area (TPSA) is 59.4 Å². The average molecular weight is 511 g/mol. The maximum atomic E-state index is 15.4. The second kappa shape index (κ2) is 11.7. The first-order valence-corrected chi connectivity index (χ1v) is 12.0. The monoisotopic (exact) mass is 510 g/mol. The van der Waals surface area contributed by atoms with Crippen LogP contribution < -0.4 is 5.32 Å². The Kier molecular flexibility index (Phi) is 8.91. The van der Waals surface area contributed by atoms with Crippen LogP contribution in [-0.4, -0.2) is 60.0 Å². The van der Waals surface area contributed by atoms with Gasteiger partial charge in [0, 0.05) is 40.9 Å². The summed E-state index contributed by atoms with van der Waals surface area (Å²) in [4.78, 5) is 15.0. The highest BCUT2D eigenvalue weighted by molar-refractivity contribution is 6.30. The molecule has 0 bridgehead atoms. The van der Waals surface area contributed by atoms with Crippen LogP contribution in [0.1, 0.15) is 42.4 Å². The van der Waals surface area contributed by atoms with Crippen molar-refractivity contribution in [3.63, 3.8) is 0 Å². The van der Waals surface area contributed by atoms with Crippen LogP contribution in [0.25, 0.3) is 16.9 Å². The molecule has 0 aliphatic carbocycles. The molecule has 3 aromatic rings. The molecule has 190 valence electrons. The molecule has 1 N–H and O–H groups in total. The second-order valence-electron chi connectivity index (χ2n) is 9.64. The number of halogens is 2. The van der Waals surface area contributed by atoms with E-state index >= 15 is 4.39 Å². The Morgan fingerprint density at radius 3 is 2.53 bits per heavy atom. The fourth-order valence-corrected chi connectivity index (χ4v) is 3.72. The van der Waals surface area contributed by atoms with Crippen molar-refractivity contribution in [3.8, 4) is 28.8 Å². The highest BCUT2D eigenvalue weighted by atomic mass is 35.5. The van der Waals surface area contributed by atoms with Gasteiger partial charge >= 0.3 is 0 Å². The largest absolute Gasteiger partial charge is 0.383 e. The third-order valence-corrected chi connectivity index (χ3v) is 5.63. The molecule has 0 spiro atoms. The molecular formula is C28H32ClFN4O2. The van der Waals surface area contributed by atoms with Crippen molar-refractivity contribution >= 4 is 17.5 Å². The number of benzene rings is 2. The lowest BCUT2D eigenvalue weighted by Gasteiger charge is -2.19. The van der Waals surface area contributed by atoms with E-state index in [4.69, 9.17) is 16.3 Å². The van der Waals surface area contributed by atoms with E-state index in [-0.39, 0.29) is 17.3 Å². The number of hydrogen-bond acceptors (Lipinski definition) is 4. The molecule has 0 fully saturated rings. The van der Waals surface area contributed by atoms with Gasteiger partial charge in [0.15, 0.2) is 5.69 Å². The number of carbonyl (C=O) groups excluding carboxylic acids is 1. The molecule has 8 heteroatoms. The Morgan fingerprint density at radius 2 is 1.92 bits per heavy atom. The van der Waals surface area contributed by atoms with Crippen LogP contribution in [0.2, 0.25) is 5.02 Å². The Hall–Kier alpha value is -3.18. The van der Waals surface area contributed by atoms with E-state index in [0.29, 0.717) is 35.0 Å². The molecule has 0 saturated carbocycles. The molecule has 0 aliphatic rings. The van der Waals surface area contributed by atoms with Crippen LogP contribution in [0.3, 0.4) is 0 Å². The lowest BCUT2D eigenvalue weighted by Crippen LogP contribution is -2.41. The van der Waals surface area contributed by atoms with Crippen LogP contribution in [0, 0.1) is 24.6 Å². The van der Waals surface area contributed by atoms with Crippen LogP contribution >= 0.6 is 11.6 Å². The van der Waals surface area contributed by atoms with Gasteiger partial charge in [-0.15, -0.1) is 0 Å². The molecule has 0 saturated heterocycles. The van der Waals surface area contributed by atoms with Gasteiger partial charge in [0.2, 0.25) is 0 Å². The number of carbonyl (C=O) groups is 1. The third-order valence-electron chi connectivity index (χ3n) is 5.38. The standard InChI is InChI=1S/C28H32ClFN4O2/c1-19-25(27(35)31-28(2,3)4)32-34(26(19)21-10-12-22(29)13-11-21)24-14-9-20(18-23(24)30)8-7-15-33(5)16-17-36-6/h9-14,18H,15-17H2,1-6H3,(H,31,35). The maximum absolute atomic E-state index is 15.4. The number of methoxy groups -OCH3 is 1. The smallest absolute Gasteiger partial charge is 0.272 e. The first kappa shape index (κ1) is 27.4. The number of nitrogens with one attached hydrogen (secondary N) is 1. The summed E-state index contributed by atoms with van der Waals surface area (Å²) in [6, 6.07) is 11.9. The Bertz CT molecular complexity index is 1280. The van der Waals surface area contributed by atoms with Crippen molar-refractivity contribution in [1.82, 2.24) is 20.0 Å². The van der Waals surface area contributed by atoms with Gasteiger partial charge in [-0.25, -0.2) is 9.07 Å². The van der Waals surface area contributed by atoms with Crippen LogP contribution in [0.5, 0.6) is 0 Å². The molecule has 2 aromatic carbocycles. The molecule has 1 aromatic heterocycles. The van der Waals surface area contributed by atoms with Gasteiger partial charge in [-0.1, -0.05) is 35.6 Å². The van der Waals surface area contributed by atoms with Crippen molar-refractivity contribution in [2.24, 2.45) is 0 Å². The Balaban J connectivity index is 2.01. The predicted molar refractivity (Wildman–Crippen MR) is 142 cm³/mol. The van der Waals surface area contributed by atoms with E-state index in [0.717, 1.165) is 12.1 Å². The molecule has 6 nitrogen and oxygen atoms in total. The second-order valence-corrected chi connectivity index (χ2v) is 10.1. The Morgan fingerprint density at radius 1 is 1.22 bits per heavy atom. The average Bonchev–Trinajstić information content (AvgIpc) is 3.14. The zero-order chi connectivity index (χ0) is 26.5. The number of amides is 1. The summed E-state index contributed by atoms with van der Waals surface area (Å²) in [5.74, 6) is 5.24. The van der Waals surface area contributed by atoms with Crippen molar-refractivity contribution in [1.29, 1.82) is 0 Å². The van der Waals surface area contributed by atoms with Crippen LogP contribution in [0.15, 0.2) is 42.5 Å². The van der Waals surface area contributed by atoms with Gasteiger partial charge < -0.3 is 10.1 Å². The van der Waals surface area contributed by atoms with Crippen LogP contribution in [-0.2, 0) is 4.74 Å².